The molecule has 0 bridgehead atoms. The number of thiazole rings is 1. The fourth-order valence-electron chi connectivity index (χ4n) is 1.65. The van der Waals surface area contributed by atoms with E-state index in [1.165, 1.54) is 10.9 Å². The molecule has 0 fully saturated rings. The molecular formula is C14H13FN2OS. The molecule has 2 aromatic rings. The summed E-state index contributed by atoms with van der Waals surface area (Å²) in [5.74, 6) is -0.395. The monoisotopic (exact) mass is 276 g/mol. The number of hydrogen-bond acceptors (Lipinski definition) is 4. The minimum absolute atomic E-state index is 0.218. The summed E-state index contributed by atoms with van der Waals surface area (Å²) in [7, 11) is 0. The summed E-state index contributed by atoms with van der Waals surface area (Å²) in [5, 5.41) is 8.65. The van der Waals surface area contributed by atoms with E-state index in [0.29, 0.717) is 17.7 Å². The molecule has 1 heterocycles. The van der Waals surface area contributed by atoms with E-state index in [2.05, 4.69) is 4.98 Å². The molecule has 0 unspecified atom stereocenters. The van der Waals surface area contributed by atoms with Crippen molar-refractivity contribution in [3.8, 4) is 6.07 Å². The summed E-state index contributed by atoms with van der Waals surface area (Å²) < 4.78 is 19.0. The molecule has 98 valence electrons. The van der Waals surface area contributed by atoms with Gasteiger partial charge in [0.15, 0.2) is 0 Å². The Balaban J connectivity index is 1.83. The summed E-state index contributed by atoms with van der Waals surface area (Å²) in [6.07, 6.45) is 0.786. The molecule has 1 aromatic heterocycles. The van der Waals surface area contributed by atoms with E-state index in [0.717, 1.165) is 12.1 Å². The molecule has 0 N–H and O–H groups in total. The van der Waals surface area contributed by atoms with Gasteiger partial charge in [-0.2, -0.15) is 5.26 Å². The summed E-state index contributed by atoms with van der Waals surface area (Å²) in [6.45, 7) is 2.71. The highest BCUT2D eigenvalue weighted by Gasteiger charge is 2.05. The van der Waals surface area contributed by atoms with Crippen LogP contribution in [0.2, 0.25) is 0 Å². The Morgan fingerprint density at radius 1 is 1.47 bits per heavy atom. The standard InChI is InChI=1S/C14H13FN2OS/c1-10-14(19-9-17-10)4-5-18-8-12-3-2-11(7-16)6-13(12)15/h2-3,6,9H,4-5,8H2,1H3. The lowest BCUT2D eigenvalue weighted by molar-refractivity contribution is 0.121. The normalized spacial score (nSPS) is 10.4. The Bertz CT molecular complexity index is 604. The quantitative estimate of drug-likeness (QED) is 0.788. The number of ether oxygens (including phenoxy) is 1. The first-order chi connectivity index (χ1) is 9.20. The van der Waals surface area contributed by atoms with Crippen LogP contribution in [0.1, 0.15) is 21.7 Å². The average molecular weight is 276 g/mol. The van der Waals surface area contributed by atoms with Gasteiger partial charge in [-0.1, -0.05) is 6.07 Å². The molecule has 0 spiro atoms. The third-order valence-electron chi connectivity index (χ3n) is 2.76. The van der Waals surface area contributed by atoms with Crippen LogP contribution in [0.5, 0.6) is 0 Å². The zero-order valence-electron chi connectivity index (χ0n) is 10.5. The van der Waals surface area contributed by atoms with Crippen molar-refractivity contribution in [3.05, 3.63) is 51.2 Å². The van der Waals surface area contributed by atoms with Crippen molar-refractivity contribution in [1.29, 1.82) is 5.26 Å². The SMILES string of the molecule is Cc1ncsc1CCOCc1ccc(C#N)cc1F. The predicted octanol–water partition coefficient (Wildman–Crippen LogP) is 3.22. The van der Waals surface area contributed by atoms with Gasteiger partial charge in [-0.05, 0) is 19.1 Å². The molecule has 5 heteroatoms. The van der Waals surface area contributed by atoms with E-state index in [-0.39, 0.29) is 6.61 Å². The summed E-state index contributed by atoms with van der Waals surface area (Å²) >= 11 is 1.60. The lowest BCUT2D eigenvalue weighted by Gasteiger charge is -2.05. The average Bonchev–Trinajstić information content (AvgIpc) is 2.81. The van der Waals surface area contributed by atoms with E-state index in [1.807, 2.05) is 18.5 Å². The van der Waals surface area contributed by atoms with Crippen molar-refractivity contribution < 1.29 is 9.13 Å². The number of nitrogens with zero attached hydrogens (tertiary/aromatic N) is 2. The van der Waals surface area contributed by atoms with Crippen LogP contribution in [-0.2, 0) is 17.8 Å². The van der Waals surface area contributed by atoms with Gasteiger partial charge < -0.3 is 4.74 Å². The maximum atomic E-state index is 13.6. The number of rotatable bonds is 5. The van der Waals surface area contributed by atoms with Crippen LogP contribution in [0.15, 0.2) is 23.7 Å². The van der Waals surface area contributed by atoms with Gasteiger partial charge in [0, 0.05) is 16.9 Å². The van der Waals surface area contributed by atoms with Gasteiger partial charge in [0.1, 0.15) is 5.82 Å². The number of benzene rings is 1. The second kappa shape index (κ2) is 6.41. The van der Waals surface area contributed by atoms with Crippen molar-refractivity contribution in [2.24, 2.45) is 0 Å². The van der Waals surface area contributed by atoms with Gasteiger partial charge in [0.2, 0.25) is 0 Å². The third kappa shape index (κ3) is 3.60. The molecule has 0 aliphatic carbocycles. The molecule has 0 radical (unpaired) electrons. The maximum Gasteiger partial charge on any atom is 0.130 e. The van der Waals surface area contributed by atoms with Crippen LogP contribution in [0, 0.1) is 24.1 Å². The Morgan fingerprint density at radius 3 is 2.95 bits per heavy atom. The highest BCUT2D eigenvalue weighted by atomic mass is 32.1. The number of hydrogen-bond donors (Lipinski definition) is 0. The summed E-state index contributed by atoms with van der Waals surface area (Å²) in [5.41, 5.74) is 3.63. The van der Waals surface area contributed by atoms with Crippen LogP contribution in [0.4, 0.5) is 4.39 Å². The molecule has 19 heavy (non-hydrogen) atoms. The smallest absolute Gasteiger partial charge is 0.130 e. The van der Waals surface area contributed by atoms with Gasteiger partial charge in [-0.3, -0.25) is 0 Å². The minimum atomic E-state index is -0.395. The van der Waals surface area contributed by atoms with Crippen molar-refractivity contribution in [2.75, 3.05) is 6.61 Å². The highest BCUT2D eigenvalue weighted by molar-refractivity contribution is 7.09. The predicted molar refractivity (Wildman–Crippen MR) is 71.3 cm³/mol. The van der Waals surface area contributed by atoms with Crippen LogP contribution in [-0.4, -0.2) is 11.6 Å². The van der Waals surface area contributed by atoms with E-state index in [9.17, 15) is 4.39 Å². The Labute approximate surface area is 115 Å². The fourth-order valence-corrected chi connectivity index (χ4v) is 2.41. The van der Waals surface area contributed by atoms with Crippen LogP contribution < -0.4 is 0 Å². The van der Waals surface area contributed by atoms with Crippen LogP contribution in [0.25, 0.3) is 0 Å². The van der Waals surface area contributed by atoms with Gasteiger partial charge in [-0.25, -0.2) is 9.37 Å². The van der Waals surface area contributed by atoms with Crippen LogP contribution in [0.3, 0.4) is 0 Å². The number of nitriles is 1. The molecule has 0 atom stereocenters. The van der Waals surface area contributed by atoms with Crippen molar-refractivity contribution in [2.45, 2.75) is 20.0 Å². The largest absolute Gasteiger partial charge is 0.376 e. The molecule has 0 saturated carbocycles. The second-order valence-electron chi connectivity index (χ2n) is 4.08. The maximum absolute atomic E-state index is 13.6. The van der Waals surface area contributed by atoms with Crippen molar-refractivity contribution >= 4 is 11.3 Å². The molecule has 0 saturated heterocycles. The third-order valence-corrected chi connectivity index (χ3v) is 3.75. The zero-order chi connectivity index (χ0) is 13.7. The zero-order valence-corrected chi connectivity index (χ0v) is 11.3. The van der Waals surface area contributed by atoms with Gasteiger partial charge in [0.05, 0.1) is 36.1 Å². The first kappa shape index (κ1) is 13.7. The lowest BCUT2D eigenvalue weighted by atomic mass is 10.1. The van der Waals surface area contributed by atoms with E-state index in [1.54, 1.807) is 23.5 Å². The Kier molecular flexibility index (Phi) is 4.61. The second-order valence-corrected chi connectivity index (χ2v) is 5.02. The lowest BCUT2D eigenvalue weighted by Crippen LogP contribution is -2.01. The molecule has 1 aromatic carbocycles. The Hall–Kier alpha value is -1.77. The molecule has 0 amide bonds. The topological polar surface area (TPSA) is 45.9 Å². The molecule has 0 aliphatic rings. The molecule has 2 rings (SSSR count). The number of aryl methyl sites for hydroxylation is 1. The number of halogens is 1. The first-order valence-corrected chi connectivity index (χ1v) is 6.74. The fraction of sp³-hybridized carbons (Fsp3) is 0.286. The Morgan fingerprint density at radius 2 is 2.32 bits per heavy atom. The first-order valence-electron chi connectivity index (χ1n) is 5.86. The number of aromatic nitrogens is 1. The molecular weight excluding hydrogens is 263 g/mol. The molecule has 0 aliphatic heterocycles. The highest BCUT2D eigenvalue weighted by Crippen LogP contribution is 2.14. The summed E-state index contributed by atoms with van der Waals surface area (Å²) in [4.78, 5) is 5.35. The van der Waals surface area contributed by atoms with Gasteiger partial charge in [-0.15, -0.1) is 11.3 Å². The summed E-state index contributed by atoms with van der Waals surface area (Å²) in [6, 6.07) is 6.31. The minimum Gasteiger partial charge on any atom is -0.376 e. The van der Waals surface area contributed by atoms with Gasteiger partial charge in [0.25, 0.3) is 0 Å². The van der Waals surface area contributed by atoms with Crippen molar-refractivity contribution in [1.82, 2.24) is 4.98 Å². The van der Waals surface area contributed by atoms with Crippen molar-refractivity contribution in [3.63, 3.8) is 0 Å². The van der Waals surface area contributed by atoms with E-state index < -0.39 is 5.82 Å². The van der Waals surface area contributed by atoms with Gasteiger partial charge >= 0.3 is 0 Å². The van der Waals surface area contributed by atoms with Crippen LogP contribution >= 0.6 is 11.3 Å². The van der Waals surface area contributed by atoms with E-state index in [4.69, 9.17) is 10.00 Å². The van der Waals surface area contributed by atoms with E-state index >= 15 is 0 Å². The molecule has 3 nitrogen and oxygen atoms in total.